The van der Waals surface area contributed by atoms with E-state index in [2.05, 4.69) is 42.3 Å². The van der Waals surface area contributed by atoms with Crippen molar-refractivity contribution in [3.63, 3.8) is 0 Å². The van der Waals surface area contributed by atoms with Crippen molar-refractivity contribution in [1.82, 2.24) is 5.32 Å². The van der Waals surface area contributed by atoms with Crippen molar-refractivity contribution in [1.29, 1.82) is 0 Å². The summed E-state index contributed by atoms with van der Waals surface area (Å²) in [6, 6.07) is 6.77. The van der Waals surface area contributed by atoms with Gasteiger partial charge in [0.2, 0.25) is 0 Å². The summed E-state index contributed by atoms with van der Waals surface area (Å²) >= 11 is 0. The van der Waals surface area contributed by atoms with Crippen molar-refractivity contribution in [2.75, 3.05) is 31.6 Å². The normalized spacial score (nSPS) is 18.8. The van der Waals surface area contributed by atoms with Crippen LogP contribution in [0.1, 0.15) is 30.9 Å². The molecule has 1 fully saturated rings. The number of hydrogen-bond acceptors (Lipinski definition) is 3. The largest absolute Gasteiger partial charge is 0.376 e. The topological polar surface area (TPSA) is 24.5 Å². The maximum atomic E-state index is 5.75. The van der Waals surface area contributed by atoms with Crippen molar-refractivity contribution in [3.05, 3.63) is 29.3 Å². The van der Waals surface area contributed by atoms with Gasteiger partial charge in [-0.1, -0.05) is 6.07 Å². The van der Waals surface area contributed by atoms with Crippen molar-refractivity contribution < 1.29 is 4.74 Å². The first kappa shape index (κ1) is 14.4. The van der Waals surface area contributed by atoms with Gasteiger partial charge in [-0.15, -0.1) is 0 Å². The minimum Gasteiger partial charge on any atom is -0.376 e. The van der Waals surface area contributed by atoms with Gasteiger partial charge in [0.15, 0.2) is 0 Å². The molecule has 0 saturated carbocycles. The lowest BCUT2D eigenvalue weighted by Gasteiger charge is -2.26. The van der Waals surface area contributed by atoms with E-state index in [0.29, 0.717) is 6.10 Å². The molecule has 0 amide bonds. The summed E-state index contributed by atoms with van der Waals surface area (Å²) in [5, 5.41) is 3.21. The van der Waals surface area contributed by atoms with Crippen LogP contribution < -0.4 is 10.2 Å². The first-order valence-electron chi connectivity index (χ1n) is 7.35. The zero-order valence-corrected chi connectivity index (χ0v) is 12.4. The zero-order valence-electron chi connectivity index (χ0n) is 12.4. The molecule has 1 heterocycles. The van der Waals surface area contributed by atoms with Crippen LogP contribution in [0.5, 0.6) is 0 Å². The predicted molar refractivity (Wildman–Crippen MR) is 80.8 cm³/mol. The van der Waals surface area contributed by atoms with Crippen LogP contribution in [-0.2, 0) is 11.3 Å². The third kappa shape index (κ3) is 3.71. The number of aryl methyl sites for hydroxylation is 1. The van der Waals surface area contributed by atoms with E-state index >= 15 is 0 Å². The molecule has 0 spiro atoms. The summed E-state index contributed by atoms with van der Waals surface area (Å²) < 4.78 is 5.75. The van der Waals surface area contributed by atoms with Crippen LogP contribution in [0.3, 0.4) is 0 Å². The van der Waals surface area contributed by atoms with Gasteiger partial charge in [0.25, 0.3) is 0 Å². The predicted octanol–water partition coefficient (Wildman–Crippen LogP) is 2.72. The summed E-state index contributed by atoms with van der Waals surface area (Å²) in [5.41, 5.74) is 4.05. The van der Waals surface area contributed by atoms with Crippen LogP contribution in [0, 0.1) is 6.92 Å². The molecule has 1 atom stereocenters. The Labute approximate surface area is 116 Å². The van der Waals surface area contributed by atoms with E-state index in [9.17, 15) is 0 Å². The molecule has 1 aromatic rings. The van der Waals surface area contributed by atoms with E-state index in [1.807, 2.05) is 7.05 Å². The Morgan fingerprint density at radius 3 is 2.84 bits per heavy atom. The van der Waals surface area contributed by atoms with E-state index in [1.54, 1.807) is 0 Å². The SMILES string of the molecule is CCN(CC1CCCO1)c1ccc(CNC)c(C)c1. The number of rotatable bonds is 6. The molecule has 1 aliphatic heterocycles. The van der Waals surface area contributed by atoms with Crippen molar-refractivity contribution >= 4 is 5.69 Å². The average molecular weight is 262 g/mol. The maximum absolute atomic E-state index is 5.75. The first-order chi connectivity index (χ1) is 9.24. The summed E-state index contributed by atoms with van der Waals surface area (Å²) in [7, 11) is 1.99. The van der Waals surface area contributed by atoms with Gasteiger partial charge in [-0.05, 0) is 57.0 Å². The molecule has 3 heteroatoms. The van der Waals surface area contributed by atoms with E-state index < -0.39 is 0 Å². The van der Waals surface area contributed by atoms with E-state index in [0.717, 1.165) is 26.2 Å². The van der Waals surface area contributed by atoms with Crippen molar-refractivity contribution in [3.8, 4) is 0 Å². The summed E-state index contributed by atoms with van der Waals surface area (Å²) in [6.45, 7) is 8.32. The molecule has 1 aliphatic rings. The fraction of sp³-hybridized carbons (Fsp3) is 0.625. The molecule has 0 radical (unpaired) electrons. The molecule has 1 saturated heterocycles. The molecule has 0 aliphatic carbocycles. The molecular weight excluding hydrogens is 236 g/mol. The highest BCUT2D eigenvalue weighted by Crippen LogP contribution is 2.22. The lowest BCUT2D eigenvalue weighted by molar-refractivity contribution is 0.115. The Kier molecular flexibility index (Phi) is 5.23. The molecule has 2 rings (SSSR count). The van der Waals surface area contributed by atoms with Crippen LogP contribution in [0.25, 0.3) is 0 Å². The van der Waals surface area contributed by atoms with Gasteiger partial charge in [-0.2, -0.15) is 0 Å². The number of anilines is 1. The van der Waals surface area contributed by atoms with Crippen LogP contribution in [0.2, 0.25) is 0 Å². The molecular formula is C16H26N2O. The van der Waals surface area contributed by atoms with Gasteiger partial charge in [0.05, 0.1) is 6.10 Å². The summed E-state index contributed by atoms with van der Waals surface area (Å²) in [4.78, 5) is 2.42. The fourth-order valence-electron chi connectivity index (χ4n) is 2.72. The smallest absolute Gasteiger partial charge is 0.0750 e. The lowest BCUT2D eigenvalue weighted by atomic mass is 10.1. The Bertz CT molecular complexity index is 400. The van der Waals surface area contributed by atoms with E-state index in [4.69, 9.17) is 4.74 Å². The lowest BCUT2D eigenvalue weighted by Crippen LogP contribution is -2.32. The van der Waals surface area contributed by atoms with E-state index in [1.165, 1.54) is 29.7 Å². The molecule has 0 bridgehead atoms. The molecule has 1 unspecified atom stereocenters. The zero-order chi connectivity index (χ0) is 13.7. The minimum atomic E-state index is 0.414. The summed E-state index contributed by atoms with van der Waals surface area (Å²) in [6.07, 6.45) is 2.83. The molecule has 1 aromatic carbocycles. The Balaban J connectivity index is 2.06. The fourth-order valence-corrected chi connectivity index (χ4v) is 2.72. The second kappa shape index (κ2) is 6.92. The molecule has 0 aromatic heterocycles. The average Bonchev–Trinajstić information content (AvgIpc) is 2.91. The van der Waals surface area contributed by atoms with Crippen LogP contribution in [-0.4, -0.2) is 32.8 Å². The van der Waals surface area contributed by atoms with Crippen LogP contribution >= 0.6 is 0 Å². The highest BCUT2D eigenvalue weighted by molar-refractivity contribution is 5.51. The second-order valence-electron chi connectivity index (χ2n) is 5.31. The minimum absolute atomic E-state index is 0.414. The standard InChI is InChI=1S/C16H26N2O/c1-4-18(12-16-6-5-9-19-16)15-8-7-14(11-17-3)13(2)10-15/h7-8,10,16-17H,4-6,9,11-12H2,1-3H3. The van der Waals surface area contributed by atoms with E-state index in [-0.39, 0.29) is 0 Å². The summed E-state index contributed by atoms with van der Waals surface area (Å²) in [5.74, 6) is 0. The van der Waals surface area contributed by atoms with Gasteiger partial charge in [0.1, 0.15) is 0 Å². The number of nitrogens with zero attached hydrogens (tertiary/aromatic N) is 1. The number of ether oxygens (including phenoxy) is 1. The van der Waals surface area contributed by atoms with Gasteiger partial charge >= 0.3 is 0 Å². The molecule has 1 N–H and O–H groups in total. The third-order valence-electron chi connectivity index (χ3n) is 3.89. The Morgan fingerprint density at radius 2 is 2.26 bits per heavy atom. The van der Waals surface area contributed by atoms with Gasteiger partial charge in [-0.3, -0.25) is 0 Å². The number of hydrogen-bond donors (Lipinski definition) is 1. The second-order valence-corrected chi connectivity index (χ2v) is 5.31. The van der Waals surface area contributed by atoms with Crippen molar-refractivity contribution in [2.45, 2.75) is 39.3 Å². The highest BCUT2D eigenvalue weighted by Gasteiger charge is 2.18. The van der Waals surface area contributed by atoms with Crippen LogP contribution in [0.15, 0.2) is 18.2 Å². The Morgan fingerprint density at radius 1 is 1.42 bits per heavy atom. The molecule has 106 valence electrons. The van der Waals surface area contributed by atoms with Crippen molar-refractivity contribution in [2.24, 2.45) is 0 Å². The number of benzene rings is 1. The highest BCUT2D eigenvalue weighted by atomic mass is 16.5. The maximum Gasteiger partial charge on any atom is 0.0750 e. The molecule has 3 nitrogen and oxygen atoms in total. The van der Waals surface area contributed by atoms with Crippen LogP contribution in [0.4, 0.5) is 5.69 Å². The molecule has 19 heavy (non-hydrogen) atoms. The monoisotopic (exact) mass is 262 g/mol. The van der Waals surface area contributed by atoms with Gasteiger partial charge < -0.3 is 15.0 Å². The third-order valence-corrected chi connectivity index (χ3v) is 3.89. The van der Waals surface area contributed by atoms with Gasteiger partial charge in [-0.25, -0.2) is 0 Å². The number of likely N-dealkylation sites (N-methyl/N-ethyl adjacent to an activating group) is 1. The number of nitrogens with one attached hydrogen (secondary N) is 1. The quantitative estimate of drug-likeness (QED) is 0.853. The Hall–Kier alpha value is -1.06. The van der Waals surface area contributed by atoms with Gasteiger partial charge in [0, 0.05) is 31.9 Å². The first-order valence-corrected chi connectivity index (χ1v) is 7.35.